The van der Waals surface area contributed by atoms with Crippen LogP contribution in [0.2, 0.25) is 0 Å². The molecule has 1 aromatic carbocycles. The summed E-state index contributed by atoms with van der Waals surface area (Å²) < 4.78 is 0. The third kappa shape index (κ3) is 4.37. The summed E-state index contributed by atoms with van der Waals surface area (Å²) in [4.78, 5) is 22.8. The predicted octanol–water partition coefficient (Wildman–Crippen LogP) is 1.54. The number of hydrogen-bond donors (Lipinski definition) is 2. The summed E-state index contributed by atoms with van der Waals surface area (Å²) in [5.41, 5.74) is 2.25. The van der Waals surface area contributed by atoms with Crippen LogP contribution in [0.1, 0.15) is 29.9 Å². The first-order valence-corrected chi connectivity index (χ1v) is 6.29. The summed E-state index contributed by atoms with van der Waals surface area (Å²) in [6.45, 7) is -0.198. The van der Waals surface area contributed by atoms with Crippen molar-refractivity contribution in [3.8, 4) is 0 Å². The van der Waals surface area contributed by atoms with Gasteiger partial charge < -0.3 is 10.2 Å². The third-order valence-electron chi connectivity index (χ3n) is 3.15. The van der Waals surface area contributed by atoms with E-state index in [1.165, 1.54) is 23.3 Å². The fourth-order valence-electron chi connectivity index (χ4n) is 2.12. The van der Waals surface area contributed by atoms with Gasteiger partial charge in [0.05, 0.1) is 13.1 Å². The molecule has 0 spiro atoms. The number of hydrogen-bond acceptors (Lipinski definition) is 3. The molecule has 1 fully saturated rings. The van der Waals surface area contributed by atoms with E-state index in [0.29, 0.717) is 12.5 Å². The Kier molecular flexibility index (Phi) is 4.16. The van der Waals surface area contributed by atoms with Gasteiger partial charge in [-0.15, -0.1) is 0 Å². The highest BCUT2D eigenvalue weighted by Gasteiger charge is 2.23. The van der Waals surface area contributed by atoms with Crippen LogP contribution < -0.4 is 0 Å². The van der Waals surface area contributed by atoms with Crippen LogP contribution in [-0.2, 0) is 16.1 Å². The largest absolute Gasteiger partial charge is 0.480 e. The predicted molar refractivity (Wildman–Crippen MR) is 69.0 cm³/mol. The first kappa shape index (κ1) is 13.5. The second kappa shape index (κ2) is 5.84. The van der Waals surface area contributed by atoms with Gasteiger partial charge in [0.2, 0.25) is 0 Å². The topological polar surface area (TPSA) is 77.8 Å². The van der Waals surface area contributed by atoms with E-state index < -0.39 is 11.9 Å². The molecule has 0 atom stereocenters. The maximum Gasteiger partial charge on any atom is 0.317 e. The van der Waals surface area contributed by atoms with Crippen molar-refractivity contribution in [2.75, 3.05) is 13.1 Å². The minimum absolute atomic E-state index is 0.267. The first-order chi connectivity index (χ1) is 9.04. The highest BCUT2D eigenvalue weighted by molar-refractivity contribution is 5.72. The molecular formula is C14H17NO4. The molecule has 1 aliphatic carbocycles. The van der Waals surface area contributed by atoms with E-state index in [-0.39, 0.29) is 13.1 Å². The van der Waals surface area contributed by atoms with Gasteiger partial charge in [-0.25, -0.2) is 0 Å². The van der Waals surface area contributed by atoms with Gasteiger partial charge in [-0.3, -0.25) is 14.5 Å². The Morgan fingerprint density at radius 1 is 1.05 bits per heavy atom. The maximum atomic E-state index is 10.7. The number of carboxylic acid groups (broad SMARTS) is 2. The molecule has 1 aromatic rings. The fourth-order valence-corrected chi connectivity index (χ4v) is 2.12. The van der Waals surface area contributed by atoms with Crippen LogP contribution in [0, 0.1) is 0 Å². The number of benzene rings is 1. The Balaban J connectivity index is 1.98. The summed E-state index contributed by atoms with van der Waals surface area (Å²) in [7, 11) is 0. The molecule has 5 heteroatoms. The van der Waals surface area contributed by atoms with Gasteiger partial charge in [-0.2, -0.15) is 0 Å². The Bertz CT molecular complexity index is 449. The van der Waals surface area contributed by atoms with Crippen molar-refractivity contribution in [1.82, 2.24) is 4.90 Å². The molecular weight excluding hydrogens is 246 g/mol. The quantitative estimate of drug-likeness (QED) is 0.780. The standard InChI is InChI=1S/C14H17NO4/c16-13(17)8-15(9-14(18)19)7-10-1-3-11(4-2-10)12-5-6-12/h1-4,12H,5-9H2,(H,16,17)(H,18,19). The van der Waals surface area contributed by atoms with Crippen LogP contribution >= 0.6 is 0 Å². The van der Waals surface area contributed by atoms with Crippen molar-refractivity contribution < 1.29 is 19.8 Å². The van der Waals surface area contributed by atoms with Crippen molar-refractivity contribution in [3.63, 3.8) is 0 Å². The van der Waals surface area contributed by atoms with Gasteiger partial charge in [0.15, 0.2) is 0 Å². The zero-order valence-corrected chi connectivity index (χ0v) is 10.6. The van der Waals surface area contributed by atoms with Crippen molar-refractivity contribution in [2.45, 2.75) is 25.3 Å². The van der Waals surface area contributed by atoms with Gasteiger partial charge in [0, 0.05) is 6.54 Å². The van der Waals surface area contributed by atoms with Crippen LogP contribution in [0.5, 0.6) is 0 Å². The minimum Gasteiger partial charge on any atom is -0.480 e. The zero-order valence-electron chi connectivity index (χ0n) is 10.6. The second-order valence-electron chi connectivity index (χ2n) is 4.95. The van der Waals surface area contributed by atoms with Crippen LogP contribution in [0.15, 0.2) is 24.3 Å². The molecule has 102 valence electrons. The van der Waals surface area contributed by atoms with Gasteiger partial charge in [0.25, 0.3) is 0 Å². The molecule has 0 aromatic heterocycles. The van der Waals surface area contributed by atoms with Crippen molar-refractivity contribution in [3.05, 3.63) is 35.4 Å². The van der Waals surface area contributed by atoms with E-state index in [9.17, 15) is 9.59 Å². The Morgan fingerprint density at radius 3 is 2.00 bits per heavy atom. The molecule has 0 saturated heterocycles. The lowest BCUT2D eigenvalue weighted by Gasteiger charge is -2.18. The summed E-state index contributed by atoms with van der Waals surface area (Å²) >= 11 is 0. The lowest BCUT2D eigenvalue weighted by molar-refractivity contribution is -0.142. The molecule has 0 bridgehead atoms. The van der Waals surface area contributed by atoms with Crippen LogP contribution in [0.3, 0.4) is 0 Å². The molecule has 0 heterocycles. The molecule has 0 aliphatic heterocycles. The highest BCUT2D eigenvalue weighted by Crippen LogP contribution is 2.39. The van der Waals surface area contributed by atoms with E-state index in [2.05, 4.69) is 0 Å². The molecule has 0 unspecified atom stereocenters. The number of carboxylic acids is 2. The summed E-state index contributed by atoms with van der Waals surface area (Å²) in [5, 5.41) is 17.5. The smallest absolute Gasteiger partial charge is 0.317 e. The number of aliphatic carboxylic acids is 2. The maximum absolute atomic E-state index is 10.7. The molecule has 0 amide bonds. The first-order valence-electron chi connectivity index (χ1n) is 6.29. The molecule has 2 N–H and O–H groups in total. The lowest BCUT2D eigenvalue weighted by atomic mass is 10.1. The summed E-state index contributed by atoms with van der Waals surface area (Å²) in [6.07, 6.45) is 2.48. The Morgan fingerprint density at radius 2 is 1.58 bits per heavy atom. The number of nitrogens with zero attached hydrogens (tertiary/aromatic N) is 1. The number of rotatable bonds is 7. The molecule has 19 heavy (non-hydrogen) atoms. The van der Waals surface area contributed by atoms with Crippen LogP contribution in [0.25, 0.3) is 0 Å². The highest BCUT2D eigenvalue weighted by atomic mass is 16.4. The van der Waals surface area contributed by atoms with Crippen LogP contribution in [-0.4, -0.2) is 40.1 Å². The van der Waals surface area contributed by atoms with E-state index >= 15 is 0 Å². The zero-order chi connectivity index (χ0) is 13.8. The summed E-state index contributed by atoms with van der Waals surface area (Å²) in [5.74, 6) is -1.35. The van der Waals surface area contributed by atoms with Crippen LogP contribution in [0.4, 0.5) is 0 Å². The summed E-state index contributed by atoms with van der Waals surface area (Å²) in [6, 6.07) is 7.99. The molecule has 2 rings (SSSR count). The van der Waals surface area contributed by atoms with E-state index in [0.717, 1.165) is 5.56 Å². The lowest BCUT2D eigenvalue weighted by Crippen LogP contribution is -2.33. The fraction of sp³-hybridized carbons (Fsp3) is 0.429. The van der Waals surface area contributed by atoms with Gasteiger partial charge in [0.1, 0.15) is 0 Å². The molecule has 1 saturated carbocycles. The van der Waals surface area contributed by atoms with Crippen molar-refractivity contribution in [1.29, 1.82) is 0 Å². The van der Waals surface area contributed by atoms with E-state index in [1.54, 1.807) is 0 Å². The SMILES string of the molecule is O=C(O)CN(CC(=O)O)Cc1ccc(C2CC2)cc1. The number of carbonyl (C=O) groups is 2. The average Bonchev–Trinajstić information content (AvgIpc) is 3.12. The molecule has 5 nitrogen and oxygen atoms in total. The minimum atomic E-state index is -1.02. The van der Waals surface area contributed by atoms with Gasteiger partial charge in [-0.1, -0.05) is 24.3 Å². The normalized spacial score (nSPS) is 14.6. The van der Waals surface area contributed by atoms with Gasteiger partial charge >= 0.3 is 11.9 Å². The van der Waals surface area contributed by atoms with Crippen molar-refractivity contribution >= 4 is 11.9 Å². The third-order valence-corrected chi connectivity index (χ3v) is 3.15. The monoisotopic (exact) mass is 263 g/mol. The van der Waals surface area contributed by atoms with E-state index in [4.69, 9.17) is 10.2 Å². The van der Waals surface area contributed by atoms with E-state index in [1.807, 2.05) is 24.3 Å². The molecule has 0 radical (unpaired) electrons. The Labute approximate surface area is 111 Å². The second-order valence-corrected chi connectivity index (χ2v) is 4.95. The van der Waals surface area contributed by atoms with Crippen molar-refractivity contribution in [2.24, 2.45) is 0 Å². The average molecular weight is 263 g/mol. The van der Waals surface area contributed by atoms with Gasteiger partial charge in [-0.05, 0) is 29.9 Å². The Hall–Kier alpha value is -1.88. The molecule has 1 aliphatic rings.